The second-order valence-corrected chi connectivity index (χ2v) is 4.04. The number of nitrogens with two attached hydrogens (primary N) is 1. The Bertz CT molecular complexity index is 476. The first kappa shape index (κ1) is 12.3. The summed E-state index contributed by atoms with van der Waals surface area (Å²) in [4.78, 5) is 33.2. The van der Waals surface area contributed by atoms with Gasteiger partial charge in [0.05, 0.1) is 12.4 Å². The number of carbonyl (C=O) groups excluding carboxylic acids is 2. The van der Waals surface area contributed by atoms with Crippen LogP contribution >= 0.6 is 0 Å². The molecule has 2 heterocycles. The maximum absolute atomic E-state index is 12.3. The van der Waals surface area contributed by atoms with Crippen molar-refractivity contribution in [1.29, 1.82) is 0 Å². The Morgan fingerprint density at radius 2 is 2.39 bits per heavy atom. The molecular weight excluding hydrogens is 234 g/mol. The van der Waals surface area contributed by atoms with Gasteiger partial charge in [-0.15, -0.1) is 0 Å². The van der Waals surface area contributed by atoms with Crippen molar-refractivity contribution in [3.63, 3.8) is 0 Å². The van der Waals surface area contributed by atoms with Gasteiger partial charge in [-0.3, -0.25) is 14.6 Å². The van der Waals surface area contributed by atoms with Crippen molar-refractivity contribution in [2.24, 2.45) is 0 Å². The Morgan fingerprint density at radius 1 is 1.61 bits per heavy atom. The number of nitrogens with one attached hydrogen (secondary N) is 1. The van der Waals surface area contributed by atoms with Crippen LogP contribution in [0.3, 0.4) is 0 Å². The van der Waals surface area contributed by atoms with Crippen molar-refractivity contribution >= 4 is 17.6 Å². The SMILES string of the molecule is CCC1C(=O)NCCN1C(=O)c1cncc(N)n1. The predicted molar refractivity (Wildman–Crippen MR) is 64.6 cm³/mol. The third-order valence-corrected chi connectivity index (χ3v) is 2.85. The maximum Gasteiger partial charge on any atom is 0.274 e. The minimum Gasteiger partial charge on any atom is -0.382 e. The Morgan fingerprint density at radius 3 is 3.06 bits per heavy atom. The summed E-state index contributed by atoms with van der Waals surface area (Å²) in [5.74, 6) is -0.249. The lowest BCUT2D eigenvalue weighted by molar-refractivity contribution is -0.127. The van der Waals surface area contributed by atoms with Crippen molar-refractivity contribution in [2.75, 3.05) is 18.8 Å². The first-order valence-electron chi connectivity index (χ1n) is 5.79. The van der Waals surface area contributed by atoms with Crippen LogP contribution in [0, 0.1) is 0 Å². The lowest BCUT2D eigenvalue weighted by Crippen LogP contribution is -2.57. The molecule has 2 amide bonds. The molecule has 0 bridgehead atoms. The highest BCUT2D eigenvalue weighted by atomic mass is 16.2. The van der Waals surface area contributed by atoms with Gasteiger partial charge in [0.1, 0.15) is 17.6 Å². The lowest BCUT2D eigenvalue weighted by Gasteiger charge is -2.34. The Hall–Kier alpha value is -2.18. The van der Waals surface area contributed by atoms with Crippen LogP contribution in [0.1, 0.15) is 23.8 Å². The molecule has 1 unspecified atom stereocenters. The number of nitrogen functional groups attached to an aromatic ring is 1. The predicted octanol–water partition coefficient (Wildman–Crippen LogP) is -0.591. The van der Waals surface area contributed by atoms with Crippen LogP contribution in [0.4, 0.5) is 5.82 Å². The number of anilines is 1. The van der Waals surface area contributed by atoms with Gasteiger partial charge in [0, 0.05) is 13.1 Å². The van der Waals surface area contributed by atoms with Gasteiger partial charge >= 0.3 is 0 Å². The van der Waals surface area contributed by atoms with Gasteiger partial charge in [0.25, 0.3) is 5.91 Å². The molecule has 2 rings (SSSR count). The summed E-state index contributed by atoms with van der Waals surface area (Å²) in [6.07, 6.45) is 3.29. The fourth-order valence-electron chi connectivity index (χ4n) is 1.99. The normalized spacial score (nSPS) is 19.5. The quantitative estimate of drug-likeness (QED) is 0.729. The van der Waals surface area contributed by atoms with E-state index in [1.54, 1.807) is 0 Å². The molecule has 1 aromatic rings. The molecule has 1 fully saturated rings. The van der Waals surface area contributed by atoms with Crippen LogP contribution in [0.25, 0.3) is 0 Å². The van der Waals surface area contributed by atoms with E-state index in [1.165, 1.54) is 17.3 Å². The third kappa shape index (κ3) is 2.24. The molecule has 96 valence electrons. The van der Waals surface area contributed by atoms with Gasteiger partial charge < -0.3 is 16.0 Å². The summed E-state index contributed by atoms with van der Waals surface area (Å²) in [5.41, 5.74) is 5.67. The monoisotopic (exact) mass is 249 g/mol. The van der Waals surface area contributed by atoms with Crippen LogP contribution in [0.15, 0.2) is 12.4 Å². The van der Waals surface area contributed by atoms with E-state index in [1.807, 2.05) is 6.92 Å². The summed E-state index contributed by atoms with van der Waals surface area (Å²) in [7, 11) is 0. The largest absolute Gasteiger partial charge is 0.382 e. The molecular formula is C11H15N5O2. The summed E-state index contributed by atoms with van der Waals surface area (Å²) >= 11 is 0. The number of carbonyl (C=O) groups is 2. The molecule has 0 aromatic carbocycles. The summed E-state index contributed by atoms with van der Waals surface area (Å²) in [6.45, 7) is 2.79. The molecule has 0 aliphatic carbocycles. The zero-order valence-corrected chi connectivity index (χ0v) is 10.1. The fourth-order valence-corrected chi connectivity index (χ4v) is 1.99. The van der Waals surface area contributed by atoms with E-state index in [0.717, 1.165) is 0 Å². The molecule has 1 aliphatic heterocycles. The summed E-state index contributed by atoms with van der Waals surface area (Å²) in [5, 5.41) is 2.74. The van der Waals surface area contributed by atoms with Crippen LogP contribution in [0.2, 0.25) is 0 Å². The van der Waals surface area contributed by atoms with Crippen LogP contribution in [0.5, 0.6) is 0 Å². The number of piperazine rings is 1. The zero-order chi connectivity index (χ0) is 13.1. The highest BCUT2D eigenvalue weighted by Gasteiger charge is 2.32. The molecule has 7 nitrogen and oxygen atoms in total. The molecule has 7 heteroatoms. The lowest BCUT2D eigenvalue weighted by atomic mass is 10.1. The average molecular weight is 249 g/mol. The van der Waals surface area contributed by atoms with E-state index in [0.29, 0.717) is 19.5 Å². The zero-order valence-electron chi connectivity index (χ0n) is 10.1. The van der Waals surface area contributed by atoms with Crippen LogP contribution in [-0.2, 0) is 4.79 Å². The van der Waals surface area contributed by atoms with Crippen LogP contribution in [-0.4, -0.2) is 45.8 Å². The number of amides is 2. The number of nitrogens with zero attached hydrogens (tertiary/aromatic N) is 3. The average Bonchev–Trinajstić information content (AvgIpc) is 2.37. The molecule has 0 spiro atoms. The Labute approximate surface area is 104 Å². The highest BCUT2D eigenvalue weighted by molar-refractivity contribution is 5.96. The van der Waals surface area contributed by atoms with Gasteiger partial charge in [-0.05, 0) is 6.42 Å². The molecule has 1 atom stereocenters. The van der Waals surface area contributed by atoms with Crippen molar-refractivity contribution in [3.05, 3.63) is 18.1 Å². The van der Waals surface area contributed by atoms with E-state index >= 15 is 0 Å². The summed E-state index contributed by atoms with van der Waals surface area (Å²) < 4.78 is 0. The third-order valence-electron chi connectivity index (χ3n) is 2.85. The Kier molecular flexibility index (Phi) is 3.40. The van der Waals surface area contributed by atoms with Crippen molar-refractivity contribution in [3.8, 4) is 0 Å². The van der Waals surface area contributed by atoms with Gasteiger partial charge in [-0.1, -0.05) is 6.92 Å². The minimum atomic E-state index is -0.450. The van der Waals surface area contributed by atoms with E-state index in [4.69, 9.17) is 5.73 Å². The van der Waals surface area contributed by atoms with Gasteiger partial charge in [-0.2, -0.15) is 0 Å². The van der Waals surface area contributed by atoms with Gasteiger partial charge in [0.15, 0.2) is 0 Å². The molecule has 1 aliphatic rings. The molecule has 0 radical (unpaired) electrons. The first-order valence-corrected chi connectivity index (χ1v) is 5.79. The molecule has 18 heavy (non-hydrogen) atoms. The van der Waals surface area contributed by atoms with E-state index in [2.05, 4.69) is 15.3 Å². The van der Waals surface area contributed by atoms with Crippen LogP contribution < -0.4 is 11.1 Å². The molecule has 3 N–H and O–H groups in total. The Balaban J connectivity index is 2.24. The number of aromatic nitrogens is 2. The minimum absolute atomic E-state index is 0.131. The number of hydrogen-bond donors (Lipinski definition) is 2. The molecule has 1 saturated heterocycles. The van der Waals surface area contributed by atoms with E-state index in [-0.39, 0.29) is 23.3 Å². The van der Waals surface area contributed by atoms with E-state index < -0.39 is 6.04 Å². The van der Waals surface area contributed by atoms with Gasteiger partial charge in [0.2, 0.25) is 5.91 Å². The second kappa shape index (κ2) is 4.99. The summed E-state index contributed by atoms with van der Waals surface area (Å²) in [6, 6.07) is -0.450. The smallest absolute Gasteiger partial charge is 0.274 e. The topological polar surface area (TPSA) is 101 Å². The van der Waals surface area contributed by atoms with Crippen molar-refractivity contribution < 1.29 is 9.59 Å². The number of rotatable bonds is 2. The van der Waals surface area contributed by atoms with Crippen molar-refractivity contribution in [1.82, 2.24) is 20.2 Å². The van der Waals surface area contributed by atoms with E-state index in [9.17, 15) is 9.59 Å². The number of hydrogen-bond acceptors (Lipinski definition) is 5. The fraction of sp³-hybridized carbons (Fsp3) is 0.455. The molecule has 1 aromatic heterocycles. The van der Waals surface area contributed by atoms with Gasteiger partial charge in [-0.25, -0.2) is 4.98 Å². The standard InChI is InChI=1S/C11H15N5O2/c1-2-8-10(17)14-3-4-16(8)11(18)7-5-13-6-9(12)15-7/h5-6,8H,2-4H2,1H3,(H2,12,15)(H,14,17). The van der Waals surface area contributed by atoms with Crippen molar-refractivity contribution in [2.45, 2.75) is 19.4 Å². The highest BCUT2D eigenvalue weighted by Crippen LogP contribution is 2.12. The second-order valence-electron chi connectivity index (χ2n) is 4.04. The first-order chi connectivity index (χ1) is 8.63. The molecule has 0 saturated carbocycles. The maximum atomic E-state index is 12.3.